The number of amides is 1. The maximum Gasteiger partial charge on any atom is 0.225 e. The van der Waals surface area contributed by atoms with Gasteiger partial charge in [0.25, 0.3) is 0 Å². The van der Waals surface area contributed by atoms with Crippen LogP contribution in [0.5, 0.6) is 0 Å². The van der Waals surface area contributed by atoms with Crippen molar-refractivity contribution in [1.82, 2.24) is 25.6 Å². The van der Waals surface area contributed by atoms with Crippen molar-refractivity contribution in [2.24, 2.45) is 16.4 Å². The fourth-order valence-corrected chi connectivity index (χ4v) is 6.81. The Bertz CT molecular complexity index is 1340. The molecule has 3 saturated heterocycles. The predicted octanol–water partition coefficient (Wildman–Crippen LogP) is 3.96. The monoisotopic (exact) mass is 581 g/mol. The minimum absolute atomic E-state index is 0.196. The summed E-state index contributed by atoms with van der Waals surface area (Å²) < 4.78 is 6.01. The average Bonchev–Trinajstić information content (AvgIpc) is 3.35. The Morgan fingerprint density at radius 1 is 1.15 bits per heavy atom. The van der Waals surface area contributed by atoms with Crippen molar-refractivity contribution in [3.8, 4) is 0 Å². The first-order valence-corrected chi connectivity index (χ1v) is 14.4. The number of nitrogens with zero attached hydrogens (tertiary/aromatic N) is 5. The van der Waals surface area contributed by atoms with Gasteiger partial charge in [-0.2, -0.15) is 5.10 Å². The van der Waals surface area contributed by atoms with Gasteiger partial charge in [-0.25, -0.2) is 4.98 Å². The second kappa shape index (κ2) is 11.0. The van der Waals surface area contributed by atoms with Gasteiger partial charge in [0.05, 0.1) is 22.3 Å². The Morgan fingerprint density at radius 2 is 1.88 bits per heavy atom. The van der Waals surface area contributed by atoms with Gasteiger partial charge in [-0.3, -0.25) is 9.78 Å². The molecule has 6 heterocycles. The average molecular weight is 583 g/mol. The number of carbonyl (C=O) groups is 1. The number of hydrogen-bond donors (Lipinski definition) is 2. The number of halogens is 2. The molecule has 11 heteroatoms. The topological polar surface area (TPSA) is 95.0 Å². The number of aromatic nitrogens is 2. The van der Waals surface area contributed by atoms with Crippen LogP contribution in [0.4, 0.5) is 5.82 Å². The zero-order chi connectivity index (χ0) is 27.9. The molecule has 3 fully saturated rings. The highest BCUT2D eigenvalue weighted by Gasteiger charge is 2.54. The SMILES string of the molecule is C=C(/C=C1\CNN=C1c1ccc(N2CC3(CN(C(=O)C4CCNCC4)C3)C2)nc1)O[C@H](C)c1c(Cl)cncc1Cl. The minimum Gasteiger partial charge on any atom is -0.487 e. The summed E-state index contributed by atoms with van der Waals surface area (Å²) in [6.07, 6.45) is 8.34. The number of anilines is 1. The predicted molar refractivity (Wildman–Crippen MR) is 157 cm³/mol. The summed E-state index contributed by atoms with van der Waals surface area (Å²) in [5.74, 6) is 1.96. The smallest absolute Gasteiger partial charge is 0.225 e. The summed E-state index contributed by atoms with van der Waals surface area (Å²) in [4.78, 5) is 25.9. The molecule has 4 aliphatic heterocycles. The fourth-order valence-electron chi connectivity index (χ4n) is 6.14. The summed E-state index contributed by atoms with van der Waals surface area (Å²) in [5.41, 5.74) is 6.62. The maximum absolute atomic E-state index is 12.8. The van der Waals surface area contributed by atoms with E-state index in [0.717, 1.165) is 74.8 Å². The van der Waals surface area contributed by atoms with Crippen LogP contribution in [-0.4, -0.2) is 72.3 Å². The third kappa shape index (κ3) is 5.30. The van der Waals surface area contributed by atoms with Gasteiger partial charge in [0, 0.05) is 72.8 Å². The number of carbonyl (C=O) groups excluding carboxylic acids is 1. The number of hydrogen-bond acceptors (Lipinski definition) is 8. The zero-order valence-corrected chi connectivity index (χ0v) is 24.0. The number of nitrogens with one attached hydrogen (secondary N) is 2. The number of rotatable bonds is 7. The van der Waals surface area contributed by atoms with Crippen LogP contribution in [-0.2, 0) is 9.53 Å². The van der Waals surface area contributed by atoms with E-state index in [0.29, 0.717) is 33.8 Å². The van der Waals surface area contributed by atoms with Crippen LogP contribution in [0.2, 0.25) is 10.0 Å². The van der Waals surface area contributed by atoms with Gasteiger partial charge in [-0.15, -0.1) is 0 Å². The van der Waals surface area contributed by atoms with E-state index in [1.807, 2.05) is 31.3 Å². The minimum atomic E-state index is -0.395. The highest BCUT2D eigenvalue weighted by molar-refractivity contribution is 6.35. The molecule has 2 aromatic heterocycles. The van der Waals surface area contributed by atoms with Crippen molar-refractivity contribution in [2.45, 2.75) is 25.9 Å². The Hall–Kier alpha value is -3.14. The second-order valence-corrected chi connectivity index (χ2v) is 12.0. The van der Waals surface area contributed by atoms with Gasteiger partial charge in [0.2, 0.25) is 5.91 Å². The molecule has 9 nitrogen and oxygen atoms in total. The van der Waals surface area contributed by atoms with E-state index in [1.54, 1.807) is 12.4 Å². The maximum atomic E-state index is 12.8. The van der Waals surface area contributed by atoms with Crippen LogP contribution in [0, 0.1) is 11.3 Å². The molecule has 0 bridgehead atoms. The number of allylic oxidation sites excluding steroid dienone is 1. The molecule has 6 rings (SSSR count). The molecule has 210 valence electrons. The highest BCUT2D eigenvalue weighted by atomic mass is 35.5. The molecule has 0 aliphatic carbocycles. The lowest BCUT2D eigenvalue weighted by molar-refractivity contribution is -0.150. The molecule has 2 N–H and O–H groups in total. The van der Waals surface area contributed by atoms with Crippen molar-refractivity contribution in [1.29, 1.82) is 0 Å². The van der Waals surface area contributed by atoms with E-state index < -0.39 is 6.10 Å². The highest BCUT2D eigenvalue weighted by Crippen LogP contribution is 2.42. The van der Waals surface area contributed by atoms with Crippen molar-refractivity contribution >= 4 is 40.6 Å². The van der Waals surface area contributed by atoms with Crippen LogP contribution < -0.4 is 15.6 Å². The van der Waals surface area contributed by atoms with Gasteiger partial charge >= 0.3 is 0 Å². The molecule has 2 aromatic rings. The lowest BCUT2D eigenvalue weighted by Gasteiger charge is -2.61. The number of piperidine rings is 1. The summed E-state index contributed by atoms with van der Waals surface area (Å²) in [7, 11) is 0. The van der Waals surface area contributed by atoms with Crippen molar-refractivity contribution in [2.75, 3.05) is 50.7 Å². The first-order chi connectivity index (χ1) is 19.3. The standard InChI is InChI=1S/C29H33Cl2N7O2/c1-18(40-19(2)26-23(30)12-33-13-24(26)31)9-22-11-35-36-27(22)21-3-4-25(34-10-21)37-14-29(15-37)16-38(17-29)28(39)20-5-7-32-8-6-20/h3-4,9-10,12-13,19-20,32,35H,1,5-8,11,14-17H2,2H3/b22-9+/t19-/m1/s1. The molecular weight excluding hydrogens is 549 g/mol. The van der Waals surface area contributed by atoms with Crippen molar-refractivity contribution in [3.05, 3.63) is 75.9 Å². The summed E-state index contributed by atoms with van der Waals surface area (Å²) in [6, 6.07) is 4.08. The molecule has 1 spiro atoms. The quantitative estimate of drug-likeness (QED) is 0.478. The Balaban J connectivity index is 1.03. The molecule has 1 atom stereocenters. The lowest BCUT2D eigenvalue weighted by atomic mass is 9.72. The first kappa shape index (κ1) is 27.1. The van der Waals surface area contributed by atoms with Crippen LogP contribution in [0.15, 0.2) is 59.8 Å². The molecule has 4 aliphatic rings. The Morgan fingerprint density at radius 3 is 2.55 bits per heavy atom. The van der Waals surface area contributed by atoms with Crippen LogP contribution in [0.1, 0.15) is 37.0 Å². The number of likely N-dealkylation sites (tertiary alicyclic amines) is 1. The van der Waals surface area contributed by atoms with E-state index in [2.05, 4.69) is 37.2 Å². The van der Waals surface area contributed by atoms with Gasteiger partial charge in [0.15, 0.2) is 0 Å². The fraction of sp³-hybridized carbons (Fsp3) is 0.448. The van der Waals surface area contributed by atoms with Crippen LogP contribution >= 0.6 is 23.2 Å². The third-order valence-corrected chi connectivity index (χ3v) is 8.78. The van der Waals surface area contributed by atoms with Crippen molar-refractivity contribution < 1.29 is 9.53 Å². The largest absolute Gasteiger partial charge is 0.487 e. The zero-order valence-electron chi connectivity index (χ0n) is 22.5. The molecule has 40 heavy (non-hydrogen) atoms. The van der Waals surface area contributed by atoms with Gasteiger partial charge in [-0.05, 0) is 51.1 Å². The van der Waals surface area contributed by atoms with E-state index in [-0.39, 0.29) is 11.3 Å². The molecule has 0 aromatic carbocycles. The van der Waals surface area contributed by atoms with E-state index >= 15 is 0 Å². The number of hydrazone groups is 1. The van der Waals surface area contributed by atoms with Crippen LogP contribution in [0.3, 0.4) is 0 Å². The Labute approximate surface area is 244 Å². The molecule has 0 unspecified atom stereocenters. The summed E-state index contributed by atoms with van der Waals surface area (Å²) >= 11 is 12.6. The normalized spacial score (nSPS) is 21.9. The number of ether oxygens (including phenoxy) is 1. The summed E-state index contributed by atoms with van der Waals surface area (Å²) in [6.45, 7) is 12.0. The van der Waals surface area contributed by atoms with Gasteiger partial charge in [-0.1, -0.05) is 29.8 Å². The molecule has 0 radical (unpaired) electrons. The van der Waals surface area contributed by atoms with E-state index in [1.165, 1.54) is 0 Å². The van der Waals surface area contributed by atoms with Gasteiger partial charge < -0.3 is 25.3 Å². The van der Waals surface area contributed by atoms with E-state index in [4.69, 9.17) is 32.9 Å². The van der Waals surface area contributed by atoms with Crippen LogP contribution in [0.25, 0.3) is 0 Å². The third-order valence-electron chi connectivity index (χ3n) is 8.18. The first-order valence-electron chi connectivity index (χ1n) is 13.7. The molecule has 1 amide bonds. The number of pyridine rings is 2. The van der Waals surface area contributed by atoms with E-state index in [9.17, 15) is 4.79 Å². The van der Waals surface area contributed by atoms with Crippen molar-refractivity contribution in [3.63, 3.8) is 0 Å². The Kier molecular flexibility index (Phi) is 7.46. The molecular formula is C29H33Cl2N7O2. The summed E-state index contributed by atoms with van der Waals surface area (Å²) in [5, 5.41) is 8.71. The van der Waals surface area contributed by atoms with Gasteiger partial charge in [0.1, 0.15) is 17.7 Å². The molecule has 0 saturated carbocycles. The lowest BCUT2D eigenvalue weighted by Crippen LogP contribution is -2.73. The second-order valence-electron chi connectivity index (χ2n) is 11.2.